The number of nitro groups is 1. The molecule has 0 saturated heterocycles. The standard InChI is InChI=1S/C14H9ClFN5O2/c15-7-2-1-6(5-8(7)16)11-10(21(22)23)4-3-9-12(11)20-14(18)13(17)19-9/h1-5H,(H2,17,19)(H2,18,20). The zero-order valence-electron chi connectivity index (χ0n) is 11.5. The van der Waals surface area contributed by atoms with E-state index in [9.17, 15) is 14.5 Å². The lowest BCUT2D eigenvalue weighted by atomic mass is 10.0. The van der Waals surface area contributed by atoms with Crippen molar-refractivity contribution >= 4 is 40.0 Å². The van der Waals surface area contributed by atoms with Gasteiger partial charge in [-0.05, 0) is 23.8 Å². The molecular formula is C14H9ClFN5O2. The highest BCUT2D eigenvalue weighted by Gasteiger charge is 2.22. The molecular weight excluding hydrogens is 325 g/mol. The van der Waals surface area contributed by atoms with Crippen molar-refractivity contribution in [2.24, 2.45) is 0 Å². The highest BCUT2D eigenvalue weighted by atomic mass is 35.5. The molecule has 23 heavy (non-hydrogen) atoms. The van der Waals surface area contributed by atoms with Gasteiger partial charge in [-0.15, -0.1) is 0 Å². The van der Waals surface area contributed by atoms with E-state index in [1.54, 1.807) is 0 Å². The summed E-state index contributed by atoms with van der Waals surface area (Å²) in [5.41, 5.74) is 11.8. The zero-order chi connectivity index (χ0) is 16.7. The fraction of sp³-hybridized carbons (Fsp3) is 0. The van der Waals surface area contributed by atoms with Crippen LogP contribution in [-0.2, 0) is 0 Å². The predicted molar refractivity (Wildman–Crippen MR) is 85.4 cm³/mol. The second-order valence-electron chi connectivity index (χ2n) is 4.71. The van der Waals surface area contributed by atoms with Gasteiger partial charge in [-0.25, -0.2) is 14.4 Å². The topological polar surface area (TPSA) is 121 Å². The summed E-state index contributed by atoms with van der Waals surface area (Å²) in [6.07, 6.45) is 0. The quantitative estimate of drug-likeness (QED) is 0.548. The molecule has 0 radical (unpaired) electrons. The van der Waals surface area contributed by atoms with Gasteiger partial charge in [0.05, 0.1) is 21.0 Å². The van der Waals surface area contributed by atoms with Crippen LogP contribution < -0.4 is 11.5 Å². The van der Waals surface area contributed by atoms with Crippen LogP contribution in [0.3, 0.4) is 0 Å². The van der Waals surface area contributed by atoms with E-state index in [1.165, 1.54) is 24.3 Å². The van der Waals surface area contributed by atoms with Gasteiger partial charge < -0.3 is 11.5 Å². The van der Waals surface area contributed by atoms with E-state index in [0.717, 1.165) is 6.07 Å². The highest BCUT2D eigenvalue weighted by molar-refractivity contribution is 6.30. The van der Waals surface area contributed by atoms with Crippen molar-refractivity contribution in [2.75, 3.05) is 11.5 Å². The third-order valence-electron chi connectivity index (χ3n) is 3.28. The van der Waals surface area contributed by atoms with Gasteiger partial charge in [-0.1, -0.05) is 17.7 Å². The number of fused-ring (bicyclic) bond motifs is 1. The highest BCUT2D eigenvalue weighted by Crippen LogP contribution is 2.37. The van der Waals surface area contributed by atoms with E-state index in [4.69, 9.17) is 23.1 Å². The van der Waals surface area contributed by atoms with Crippen LogP contribution in [0.4, 0.5) is 21.7 Å². The molecule has 0 saturated carbocycles. The SMILES string of the molecule is Nc1nc2ccc([N+](=O)[O-])c(-c3ccc(Cl)c(F)c3)c2nc1N. The van der Waals surface area contributed by atoms with Gasteiger partial charge in [0.1, 0.15) is 11.3 Å². The maximum atomic E-state index is 13.8. The molecule has 0 atom stereocenters. The summed E-state index contributed by atoms with van der Waals surface area (Å²) in [4.78, 5) is 18.9. The molecule has 1 heterocycles. The number of rotatable bonds is 2. The Labute approximate surface area is 133 Å². The molecule has 0 spiro atoms. The Bertz CT molecular complexity index is 964. The first-order chi connectivity index (χ1) is 10.9. The number of halogens is 2. The number of nitrogens with two attached hydrogens (primary N) is 2. The molecule has 0 aliphatic carbocycles. The van der Waals surface area contributed by atoms with Crippen LogP contribution in [0.2, 0.25) is 5.02 Å². The van der Waals surface area contributed by atoms with E-state index >= 15 is 0 Å². The number of aromatic nitrogens is 2. The third-order valence-corrected chi connectivity index (χ3v) is 3.58. The summed E-state index contributed by atoms with van der Waals surface area (Å²) in [6.45, 7) is 0. The Morgan fingerprint density at radius 3 is 2.48 bits per heavy atom. The minimum Gasteiger partial charge on any atom is -0.381 e. The van der Waals surface area contributed by atoms with Crippen molar-refractivity contribution in [2.45, 2.75) is 0 Å². The van der Waals surface area contributed by atoms with E-state index < -0.39 is 10.7 Å². The Kier molecular flexibility index (Phi) is 3.45. The van der Waals surface area contributed by atoms with Gasteiger partial charge >= 0.3 is 0 Å². The second kappa shape index (κ2) is 5.33. The number of nitrogens with zero attached hydrogens (tertiary/aromatic N) is 3. The molecule has 3 aromatic rings. The van der Waals surface area contributed by atoms with Crippen LogP contribution in [0.15, 0.2) is 30.3 Å². The molecule has 9 heteroatoms. The summed E-state index contributed by atoms with van der Waals surface area (Å²) >= 11 is 5.66. The predicted octanol–water partition coefficient (Wildman–Crippen LogP) is 3.16. The van der Waals surface area contributed by atoms with E-state index in [2.05, 4.69) is 9.97 Å². The van der Waals surface area contributed by atoms with E-state index in [1.807, 2.05) is 0 Å². The fourth-order valence-electron chi connectivity index (χ4n) is 2.23. The molecule has 2 aromatic carbocycles. The Hall–Kier alpha value is -3.00. The minimum atomic E-state index is -0.702. The molecule has 1 aromatic heterocycles. The number of benzene rings is 2. The Morgan fingerprint density at radius 2 is 1.83 bits per heavy atom. The summed E-state index contributed by atoms with van der Waals surface area (Å²) in [5.74, 6) is -0.750. The van der Waals surface area contributed by atoms with Crippen molar-refractivity contribution in [1.29, 1.82) is 0 Å². The molecule has 0 aliphatic heterocycles. The summed E-state index contributed by atoms with van der Waals surface area (Å²) < 4.78 is 13.8. The number of nitrogen functional groups attached to an aromatic ring is 2. The fourth-order valence-corrected chi connectivity index (χ4v) is 2.34. The summed E-state index contributed by atoms with van der Waals surface area (Å²) in [6, 6.07) is 6.53. The van der Waals surface area contributed by atoms with Crippen LogP contribution in [-0.4, -0.2) is 14.9 Å². The summed E-state index contributed by atoms with van der Waals surface area (Å²) in [7, 11) is 0. The first-order valence-corrected chi connectivity index (χ1v) is 6.72. The monoisotopic (exact) mass is 333 g/mol. The van der Waals surface area contributed by atoms with Crippen molar-refractivity contribution < 1.29 is 9.31 Å². The minimum absolute atomic E-state index is 0.0135. The third kappa shape index (κ3) is 2.49. The molecule has 0 amide bonds. The van der Waals surface area contributed by atoms with Crippen molar-refractivity contribution in [3.63, 3.8) is 0 Å². The zero-order valence-corrected chi connectivity index (χ0v) is 12.2. The first-order valence-electron chi connectivity index (χ1n) is 6.34. The molecule has 0 bridgehead atoms. The van der Waals surface area contributed by atoms with Gasteiger partial charge in [-0.3, -0.25) is 10.1 Å². The van der Waals surface area contributed by atoms with Crippen LogP contribution in [0, 0.1) is 15.9 Å². The molecule has 0 fully saturated rings. The maximum absolute atomic E-state index is 13.8. The van der Waals surface area contributed by atoms with Gasteiger partial charge in [0.15, 0.2) is 11.6 Å². The van der Waals surface area contributed by atoms with Gasteiger partial charge in [0.25, 0.3) is 5.69 Å². The van der Waals surface area contributed by atoms with Crippen molar-refractivity contribution in [3.05, 3.63) is 51.3 Å². The Balaban J connectivity index is 2.43. The number of hydrogen-bond acceptors (Lipinski definition) is 6. The lowest BCUT2D eigenvalue weighted by Gasteiger charge is -2.09. The average Bonchev–Trinajstić information content (AvgIpc) is 2.50. The normalized spacial score (nSPS) is 10.9. The molecule has 116 valence electrons. The van der Waals surface area contributed by atoms with Gasteiger partial charge in [-0.2, -0.15) is 0 Å². The van der Waals surface area contributed by atoms with Crippen LogP contribution in [0.1, 0.15) is 0 Å². The van der Waals surface area contributed by atoms with Gasteiger partial charge in [0.2, 0.25) is 0 Å². The largest absolute Gasteiger partial charge is 0.381 e. The first kappa shape index (κ1) is 14.9. The lowest BCUT2D eigenvalue weighted by molar-refractivity contribution is -0.384. The van der Waals surface area contributed by atoms with E-state index in [0.29, 0.717) is 5.52 Å². The number of nitro benzene ring substituents is 1. The van der Waals surface area contributed by atoms with Crippen LogP contribution in [0.5, 0.6) is 0 Å². The number of anilines is 2. The van der Waals surface area contributed by atoms with E-state index in [-0.39, 0.29) is 39.0 Å². The smallest absolute Gasteiger partial charge is 0.279 e. The lowest BCUT2D eigenvalue weighted by Crippen LogP contribution is -2.03. The molecule has 3 rings (SSSR count). The van der Waals surface area contributed by atoms with Crippen LogP contribution in [0.25, 0.3) is 22.2 Å². The van der Waals surface area contributed by atoms with Gasteiger partial charge in [0, 0.05) is 6.07 Å². The molecule has 4 N–H and O–H groups in total. The Morgan fingerprint density at radius 1 is 1.13 bits per heavy atom. The second-order valence-corrected chi connectivity index (χ2v) is 5.11. The maximum Gasteiger partial charge on any atom is 0.279 e. The van der Waals surface area contributed by atoms with Crippen molar-refractivity contribution in [1.82, 2.24) is 9.97 Å². The molecule has 0 aliphatic rings. The number of hydrogen-bond donors (Lipinski definition) is 2. The van der Waals surface area contributed by atoms with Crippen molar-refractivity contribution in [3.8, 4) is 11.1 Å². The summed E-state index contributed by atoms with van der Waals surface area (Å²) in [5, 5.41) is 11.2. The average molecular weight is 334 g/mol. The molecule has 0 unspecified atom stereocenters. The molecule has 7 nitrogen and oxygen atoms in total. The van der Waals surface area contributed by atoms with Crippen LogP contribution >= 0.6 is 11.6 Å².